The van der Waals surface area contributed by atoms with E-state index in [4.69, 9.17) is 9.68 Å². The molecule has 1 aromatic carbocycles. The first-order valence-corrected chi connectivity index (χ1v) is 8.08. The largest absolute Gasteiger partial charge is 0.463 e. The maximum Gasteiger partial charge on any atom is 0.387 e. The highest BCUT2D eigenvalue weighted by molar-refractivity contribution is 6.43. The van der Waals surface area contributed by atoms with Gasteiger partial charge in [-0.25, -0.2) is 9.59 Å². The van der Waals surface area contributed by atoms with Crippen LogP contribution in [-0.2, 0) is 24.0 Å². The predicted octanol–water partition coefficient (Wildman–Crippen LogP) is 0.448. The fraction of sp³-hybridized carbons (Fsp3) is 0.176. The first kappa shape index (κ1) is 18.8. The van der Waals surface area contributed by atoms with E-state index < -0.39 is 36.1 Å². The number of hydroxylamine groups is 2. The Morgan fingerprint density at radius 3 is 2.39 bits per heavy atom. The molecule has 1 aromatic heterocycles. The Labute approximate surface area is 157 Å². The molecule has 0 spiro atoms. The van der Waals surface area contributed by atoms with Crippen molar-refractivity contribution >= 4 is 29.5 Å². The minimum Gasteiger partial charge on any atom is -0.463 e. The van der Waals surface area contributed by atoms with E-state index >= 15 is 0 Å². The van der Waals surface area contributed by atoms with Gasteiger partial charge in [-0.3, -0.25) is 14.7 Å². The number of rotatable bonds is 7. The number of aromatic nitrogens is 2. The molecule has 1 aliphatic rings. The number of H-pyrrole nitrogens is 1. The minimum atomic E-state index is -1.16. The molecule has 2 amide bonds. The van der Waals surface area contributed by atoms with E-state index in [-0.39, 0.29) is 23.4 Å². The summed E-state index contributed by atoms with van der Waals surface area (Å²) < 4.78 is 4.68. The van der Waals surface area contributed by atoms with E-state index in [2.05, 4.69) is 20.1 Å². The summed E-state index contributed by atoms with van der Waals surface area (Å²) in [5.74, 6) is -3.43. The van der Waals surface area contributed by atoms with Crippen LogP contribution in [0, 0.1) is 0 Å². The number of ether oxygens (including phenoxy) is 1. The van der Waals surface area contributed by atoms with Crippen molar-refractivity contribution < 1.29 is 33.6 Å². The predicted molar refractivity (Wildman–Crippen MR) is 90.7 cm³/mol. The molecule has 2 heterocycles. The Bertz CT molecular complexity index is 917. The molecule has 0 atom stereocenters. The van der Waals surface area contributed by atoms with Crippen LogP contribution in [-0.4, -0.2) is 57.9 Å². The molecule has 11 heteroatoms. The third-order valence-electron chi connectivity index (χ3n) is 3.52. The summed E-state index contributed by atoms with van der Waals surface area (Å²) in [5.41, 5.74) is -0.124. The van der Waals surface area contributed by atoms with Crippen molar-refractivity contribution in [2.24, 2.45) is 5.16 Å². The summed E-state index contributed by atoms with van der Waals surface area (Å²) >= 11 is 0. The standard InChI is InChI=1S/C17H14N4O7/c1-2-26-13(22)9-27-20-14(12-7-8-18-19-12)17(25)28-21-15(23)10-5-3-4-6-11(10)16(21)24/h3-8H,2,9H2,1H3,(H,18,19)/b20-14+. The number of fused-ring (bicyclic) bond motifs is 1. The van der Waals surface area contributed by atoms with Crippen LogP contribution in [0.1, 0.15) is 33.3 Å². The van der Waals surface area contributed by atoms with Crippen molar-refractivity contribution in [3.63, 3.8) is 0 Å². The zero-order valence-electron chi connectivity index (χ0n) is 14.6. The van der Waals surface area contributed by atoms with Crippen LogP contribution in [0.2, 0.25) is 0 Å². The number of aromatic amines is 1. The van der Waals surface area contributed by atoms with Crippen LogP contribution in [0.25, 0.3) is 0 Å². The lowest BCUT2D eigenvalue weighted by Gasteiger charge is -2.13. The van der Waals surface area contributed by atoms with Crippen molar-refractivity contribution in [2.75, 3.05) is 13.2 Å². The van der Waals surface area contributed by atoms with Gasteiger partial charge in [-0.2, -0.15) is 5.10 Å². The van der Waals surface area contributed by atoms with E-state index in [9.17, 15) is 19.2 Å². The molecule has 0 unspecified atom stereocenters. The number of carbonyl (C=O) groups excluding carboxylic acids is 4. The van der Waals surface area contributed by atoms with Crippen molar-refractivity contribution in [1.82, 2.24) is 15.3 Å². The molecule has 144 valence electrons. The molecule has 0 saturated heterocycles. The molecule has 0 radical (unpaired) electrons. The average molecular weight is 386 g/mol. The molecule has 28 heavy (non-hydrogen) atoms. The Balaban J connectivity index is 1.76. The highest BCUT2D eigenvalue weighted by Gasteiger charge is 2.39. The number of nitrogens with one attached hydrogen (secondary N) is 1. The summed E-state index contributed by atoms with van der Waals surface area (Å²) in [5, 5.41) is 10.1. The number of hydrogen-bond acceptors (Lipinski definition) is 9. The van der Waals surface area contributed by atoms with Gasteiger partial charge in [0.25, 0.3) is 11.8 Å². The van der Waals surface area contributed by atoms with Gasteiger partial charge in [-0.1, -0.05) is 22.4 Å². The summed E-state index contributed by atoms with van der Waals surface area (Å²) in [6.45, 7) is 1.23. The Kier molecular flexibility index (Phi) is 5.44. The molecule has 1 aliphatic heterocycles. The first-order chi connectivity index (χ1) is 13.5. The van der Waals surface area contributed by atoms with Gasteiger partial charge in [0, 0.05) is 6.20 Å². The maximum absolute atomic E-state index is 12.5. The summed E-state index contributed by atoms with van der Waals surface area (Å²) in [7, 11) is 0. The lowest BCUT2D eigenvalue weighted by molar-refractivity contribution is -0.160. The van der Waals surface area contributed by atoms with E-state index in [1.807, 2.05) is 0 Å². The Morgan fingerprint density at radius 1 is 1.14 bits per heavy atom. The third-order valence-corrected chi connectivity index (χ3v) is 3.52. The first-order valence-electron chi connectivity index (χ1n) is 8.08. The number of amides is 2. The van der Waals surface area contributed by atoms with Crippen LogP contribution >= 0.6 is 0 Å². The highest BCUT2D eigenvalue weighted by Crippen LogP contribution is 2.22. The number of benzene rings is 1. The SMILES string of the molecule is CCOC(=O)CO/N=C(/C(=O)ON1C(=O)c2ccccc2C1=O)c1ccn[nH]1. The molecule has 0 saturated carbocycles. The lowest BCUT2D eigenvalue weighted by atomic mass is 10.1. The number of carbonyl (C=O) groups is 4. The zero-order valence-corrected chi connectivity index (χ0v) is 14.6. The summed E-state index contributed by atoms with van der Waals surface area (Å²) in [6, 6.07) is 7.42. The second kappa shape index (κ2) is 8.12. The van der Waals surface area contributed by atoms with E-state index in [1.54, 1.807) is 19.1 Å². The molecule has 0 fully saturated rings. The molecule has 3 rings (SSSR count). The van der Waals surface area contributed by atoms with Crippen molar-refractivity contribution in [1.29, 1.82) is 0 Å². The number of imide groups is 1. The number of hydrogen-bond donors (Lipinski definition) is 1. The van der Waals surface area contributed by atoms with Crippen molar-refractivity contribution in [3.05, 3.63) is 53.3 Å². The molecular weight excluding hydrogens is 372 g/mol. The number of esters is 1. The van der Waals surface area contributed by atoms with Crippen LogP contribution in [0.5, 0.6) is 0 Å². The van der Waals surface area contributed by atoms with Crippen LogP contribution < -0.4 is 0 Å². The molecule has 0 aliphatic carbocycles. The third kappa shape index (κ3) is 3.72. The van der Waals surface area contributed by atoms with Gasteiger partial charge in [0.15, 0.2) is 0 Å². The summed E-state index contributed by atoms with van der Waals surface area (Å²) in [4.78, 5) is 58.2. The van der Waals surface area contributed by atoms with Gasteiger partial charge >= 0.3 is 11.9 Å². The zero-order chi connectivity index (χ0) is 20.1. The lowest BCUT2D eigenvalue weighted by Crippen LogP contribution is -2.36. The maximum atomic E-state index is 12.5. The van der Waals surface area contributed by atoms with Gasteiger partial charge in [0.2, 0.25) is 12.3 Å². The van der Waals surface area contributed by atoms with Crippen molar-refractivity contribution in [3.8, 4) is 0 Å². The fourth-order valence-corrected chi connectivity index (χ4v) is 2.31. The average Bonchev–Trinajstić information content (AvgIpc) is 3.29. The van der Waals surface area contributed by atoms with E-state index in [1.165, 1.54) is 24.4 Å². The Hall–Kier alpha value is -4.02. The van der Waals surface area contributed by atoms with E-state index in [0.29, 0.717) is 5.06 Å². The molecular formula is C17H14N4O7. The molecule has 2 aromatic rings. The van der Waals surface area contributed by atoms with Gasteiger partial charge < -0.3 is 14.4 Å². The molecule has 11 nitrogen and oxygen atoms in total. The summed E-state index contributed by atoms with van der Waals surface area (Å²) in [6.07, 6.45) is 1.34. The molecule has 0 bridgehead atoms. The van der Waals surface area contributed by atoms with Crippen LogP contribution in [0.3, 0.4) is 0 Å². The minimum absolute atomic E-state index is 0.0884. The quantitative estimate of drug-likeness (QED) is 0.313. The van der Waals surface area contributed by atoms with Gasteiger partial charge in [-0.05, 0) is 25.1 Å². The monoisotopic (exact) mass is 386 g/mol. The number of oxime groups is 1. The second-order valence-corrected chi connectivity index (χ2v) is 5.32. The highest BCUT2D eigenvalue weighted by atomic mass is 16.7. The van der Waals surface area contributed by atoms with Crippen molar-refractivity contribution in [2.45, 2.75) is 6.92 Å². The van der Waals surface area contributed by atoms with Gasteiger partial charge in [0.05, 0.1) is 23.4 Å². The van der Waals surface area contributed by atoms with Gasteiger partial charge in [-0.15, -0.1) is 0 Å². The van der Waals surface area contributed by atoms with Crippen LogP contribution in [0.15, 0.2) is 41.7 Å². The van der Waals surface area contributed by atoms with Crippen LogP contribution in [0.4, 0.5) is 0 Å². The fourth-order valence-electron chi connectivity index (χ4n) is 2.31. The second-order valence-electron chi connectivity index (χ2n) is 5.32. The smallest absolute Gasteiger partial charge is 0.387 e. The normalized spacial score (nSPS) is 13.3. The molecule has 1 N–H and O–H groups in total. The Morgan fingerprint density at radius 2 is 1.82 bits per heavy atom. The number of nitrogens with zero attached hydrogens (tertiary/aromatic N) is 3. The van der Waals surface area contributed by atoms with E-state index in [0.717, 1.165) is 0 Å². The van der Waals surface area contributed by atoms with Gasteiger partial charge in [0.1, 0.15) is 0 Å². The topological polar surface area (TPSA) is 140 Å².